The number of thioether (sulfide) groups is 1. The van der Waals surface area contributed by atoms with Crippen LogP contribution < -0.4 is 0 Å². The molecule has 0 radical (unpaired) electrons. The van der Waals surface area contributed by atoms with E-state index in [2.05, 4.69) is 0 Å². The zero-order valence-electron chi connectivity index (χ0n) is 9.10. The molecule has 1 aliphatic rings. The molecule has 0 aromatic carbocycles. The lowest BCUT2D eigenvalue weighted by atomic mass is 9.99. The summed E-state index contributed by atoms with van der Waals surface area (Å²) >= 11 is 1.36. The fourth-order valence-corrected chi connectivity index (χ4v) is 2.50. The van der Waals surface area contributed by atoms with Crippen LogP contribution in [0.3, 0.4) is 0 Å². The van der Waals surface area contributed by atoms with Gasteiger partial charge >= 0.3 is 0 Å². The number of aliphatic hydroxyl groups is 1. The summed E-state index contributed by atoms with van der Waals surface area (Å²) < 4.78 is 0. The van der Waals surface area contributed by atoms with Crippen LogP contribution in [0.5, 0.6) is 0 Å². The van der Waals surface area contributed by atoms with Gasteiger partial charge in [0, 0.05) is 12.6 Å². The van der Waals surface area contributed by atoms with Crippen molar-refractivity contribution < 1.29 is 14.7 Å². The zero-order chi connectivity index (χ0) is 11.4. The van der Waals surface area contributed by atoms with Crippen LogP contribution in [0.4, 0.5) is 0 Å². The van der Waals surface area contributed by atoms with Crippen molar-refractivity contribution in [3.8, 4) is 0 Å². The number of hydrogen-bond donors (Lipinski definition) is 1. The highest BCUT2D eigenvalue weighted by Gasteiger charge is 2.33. The van der Waals surface area contributed by atoms with Crippen LogP contribution in [0.1, 0.15) is 20.3 Å². The van der Waals surface area contributed by atoms with E-state index in [0.717, 1.165) is 0 Å². The average molecular weight is 231 g/mol. The normalized spacial score (nSPS) is 19.9. The SMILES string of the molecule is CC(C)C(CCO)N1C(=O)CSCC1=O. The smallest absolute Gasteiger partial charge is 0.239 e. The number of aliphatic hydroxyl groups excluding tert-OH is 1. The van der Waals surface area contributed by atoms with Crippen LogP contribution in [0.25, 0.3) is 0 Å². The molecule has 1 heterocycles. The minimum atomic E-state index is -0.157. The second kappa shape index (κ2) is 5.51. The molecular formula is C10H17NO3S. The van der Waals surface area contributed by atoms with Gasteiger partial charge in [0.25, 0.3) is 0 Å². The third kappa shape index (κ3) is 2.95. The molecule has 2 amide bonds. The predicted octanol–water partition coefficient (Wildman–Crippen LogP) is 0.495. The molecule has 86 valence electrons. The summed E-state index contributed by atoms with van der Waals surface area (Å²) in [5.74, 6) is 0.695. The molecule has 1 atom stereocenters. The fourth-order valence-electron chi connectivity index (χ4n) is 1.77. The van der Waals surface area contributed by atoms with Gasteiger partial charge in [-0.3, -0.25) is 14.5 Å². The number of imide groups is 1. The Bertz CT molecular complexity index is 239. The fraction of sp³-hybridized carbons (Fsp3) is 0.800. The summed E-state index contributed by atoms with van der Waals surface area (Å²) in [4.78, 5) is 24.6. The summed E-state index contributed by atoms with van der Waals surface area (Å²) in [5.41, 5.74) is 0. The molecule has 5 heteroatoms. The van der Waals surface area contributed by atoms with Crippen LogP contribution in [0, 0.1) is 5.92 Å². The molecule has 15 heavy (non-hydrogen) atoms. The van der Waals surface area contributed by atoms with Crippen molar-refractivity contribution in [1.82, 2.24) is 4.90 Å². The Balaban J connectivity index is 2.79. The first-order valence-corrected chi connectivity index (χ1v) is 6.27. The molecule has 1 unspecified atom stereocenters. The molecule has 0 aromatic heterocycles. The number of nitrogens with zero attached hydrogens (tertiary/aromatic N) is 1. The molecule has 1 N–H and O–H groups in total. The average Bonchev–Trinajstić information content (AvgIpc) is 2.15. The van der Waals surface area contributed by atoms with E-state index in [4.69, 9.17) is 5.11 Å². The van der Waals surface area contributed by atoms with Gasteiger partial charge in [0.2, 0.25) is 11.8 Å². The Morgan fingerprint density at radius 1 is 1.33 bits per heavy atom. The molecule has 1 rings (SSSR count). The molecular weight excluding hydrogens is 214 g/mol. The third-order valence-electron chi connectivity index (χ3n) is 2.51. The van der Waals surface area contributed by atoms with Crippen molar-refractivity contribution in [2.24, 2.45) is 5.92 Å². The molecule has 0 spiro atoms. The van der Waals surface area contributed by atoms with Gasteiger partial charge in [-0.2, -0.15) is 0 Å². The van der Waals surface area contributed by atoms with E-state index in [9.17, 15) is 9.59 Å². The maximum Gasteiger partial charge on any atom is 0.239 e. The number of carbonyl (C=O) groups is 2. The van der Waals surface area contributed by atoms with Crippen LogP contribution in [-0.4, -0.2) is 46.0 Å². The van der Waals surface area contributed by atoms with Crippen molar-refractivity contribution in [3.05, 3.63) is 0 Å². The van der Waals surface area contributed by atoms with Crippen molar-refractivity contribution in [3.63, 3.8) is 0 Å². The second-order valence-corrected chi connectivity index (χ2v) is 4.96. The summed E-state index contributed by atoms with van der Waals surface area (Å²) in [5, 5.41) is 8.93. The molecule has 0 aliphatic carbocycles. The summed E-state index contributed by atoms with van der Waals surface area (Å²) in [6, 6.07) is -0.157. The summed E-state index contributed by atoms with van der Waals surface area (Å²) in [6.45, 7) is 3.93. The Kier molecular flexibility index (Phi) is 4.60. The standard InChI is InChI=1S/C10H17NO3S/c1-7(2)8(3-4-12)11-9(13)5-15-6-10(11)14/h7-8,12H,3-6H2,1-2H3. The molecule has 1 saturated heterocycles. The Labute approximate surface area is 94.0 Å². The molecule has 4 nitrogen and oxygen atoms in total. The van der Waals surface area contributed by atoms with E-state index in [1.807, 2.05) is 13.8 Å². The number of rotatable bonds is 4. The number of carbonyl (C=O) groups excluding carboxylic acids is 2. The van der Waals surface area contributed by atoms with E-state index >= 15 is 0 Å². The first kappa shape index (κ1) is 12.5. The topological polar surface area (TPSA) is 57.6 Å². The largest absolute Gasteiger partial charge is 0.396 e. The van der Waals surface area contributed by atoms with E-state index in [1.165, 1.54) is 16.7 Å². The highest BCUT2D eigenvalue weighted by atomic mass is 32.2. The third-order valence-corrected chi connectivity index (χ3v) is 3.42. The molecule has 0 bridgehead atoms. The van der Waals surface area contributed by atoms with Crippen LogP contribution in [-0.2, 0) is 9.59 Å². The van der Waals surface area contributed by atoms with Gasteiger partial charge in [0.15, 0.2) is 0 Å². The van der Waals surface area contributed by atoms with E-state index in [-0.39, 0.29) is 30.4 Å². The van der Waals surface area contributed by atoms with Gasteiger partial charge in [-0.1, -0.05) is 13.8 Å². The molecule has 0 saturated carbocycles. The number of amides is 2. The maximum atomic E-state index is 11.6. The Morgan fingerprint density at radius 3 is 2.27 bits per heavy atom. The van der Waals surface area contributed by atoms with Crippen molar-refractivity contribution in [2.45, 2.75) is 26.3 Å². The molecule has 1 fully saturated rings. The van der Waals surface area contributed by atoms with Crippen molar-refractivity contribution >= 4 is 23.6 Å². The van der Waals surface area contributed by atoms with Gasteiger partial charge in [0.1, 0.15) is 0 Å². The molecule has 1 aliphatic heterocycles. The van der Waals surface area contributed by atoms with E-state index in [0.29, 0.717) is 17.9 Å². The lowest BCUT2D eigenvalue weighted by molar-refractivity contribution is -0.146. The number of hydrogen-bond acceptors (Lipinski definition) is 4. The Morgan fingerprint density at radius 2 is 1.87 bits per heavy atom. The highest BCUT2D eigenvalue weighted by molar-refractivity contribution is 8.00. The first-order valence-electron chi connectivity index (χ1n) is 5.11. The van der Waals surface area contributed by atoms with Gasteiger partial charge in [-0.25, -0.2) is 0 Å². The minimum Gasteiger partial charge on any atom is -0.396 e. The first-order chi connectivity index (χ1) is 7.07. The van der Waals surface area contributed by atoms with Crippen LogP contribution in [0.2, 0.25) is 0 Å². The highest BCUT2D eigenvalue weighted by Crippen LogP contribution is 2.21. The van der Waals surface area contributed by atoms with Gasteiger partial charge in [-0.05, 0) is 12.3 Å². The monoisotopic (exact) mass is 231 g/mol. The van der Waals surface area contributed by atoms with Crippen molar-refractivity contribution in [1.29, 1.82) is 0 Å². The lowest BCUT2D eigenvalue weighted by Gasteiger charge is -2.34. The van der Waals surface area contributed by atoms with Gasteiger partial charge in [-0.15, -0.1) is 11.8 Å². The van der Waals surface area contributed by atoms with E-state index in [1.54, 1.807) is 0 Å². The summed E-state index contributed by atoms with van der Waals surface area (Å²) in [7, 11) is 0. The van der Waals surface area contributed by atoms with Gasteiger partial charge < -0.3 is 5.11 Å². The van der Waals surface area contributed by atoms with Crippen molar-refractivity contribution in [2.75, 3.05) is 18.1 Å². The second-order valence-electron chi connectivity index (χ2n) is 3.97. The van der Waals surface area contributed by atoms with Crippen LogP contribution >= 0.6 is 11.8 Å². The predicted molar refractivity (Wildman–Crippen MR) is 59.5 cm³/mol. The summed E-state index contributed by atoms with van der Waals surface area (Å²) in [6.07, 6.45) is 0.472. The zero-order valence-corrected chi connectivity index (χ0v) is 9.92. The van der Waals surface area contributed by atoms with Crippen LogP contribution in [0.15, 0.2) is 0 Å². The maximum absolute atomic E-state index is 11.6. The molecule has 0 aromatic rings. The quantitative estimate of drug-likeness (QED) is 0.716. The Hall–Kier alpha value is -0.550. The van der Waals surface area contributed by atoms with Gasteiger partial charge in [0.05, 0.1) is 11.5 Å². The van der Waals surface area contributed by atoms with E-state index < -0.39 is 0 Å². The lowest BCUT2D eigenvalue weighted by Crippen LogP contribution is -2.51. The minimum absolute atomic E-state index is 0.00699.